The number of rotatable bonds is 4. The molecule has 0 radical (unpaired) electrons. The van der Waals surface area contributed by atoms with Crippen molar-refractivity contribution in [3.8, 4) is 0 Å². The van der Waals surface area contributed by atoms with Gasteiger partial charge in [-0.3, -0.25) is 4.79 Å². The summed E-state index contributed by atoms with van der Waals surface area (Å²) in [6, 6.07) is 0. The van der Waals surface area contributed by atoms with Crippen molar-refractivity contribution in [1.82, 2.24) is 0 Å². The first kappa shape index (κ1) is 8.53. The molecular weight excluding hydrogens is 142 g/mol. The molecule has 0 saturated heterocycles. The van der Waals surface area contributed by atoms with Gasteiger partial charge in [-0.1, -0.05) is 0 Å². The van der Waals surface area contributed by atoms with Crippen LogP contribution in [0.15, 0.2) is 0 Å². The maximum atomic E-state index is 10.7. The van der Waals surface area contributed by atoms with E-state index in [0.29, 0.717) is 6.42 Å². The van der Waals surface area contributed by atoms with Crippen LogP contribution in [0.25, 0.3) is 0 Å². The van der Waals surface area contributed by atoms with Gasteiger partial charge in [-0.2, -0.15) is 0 Å². The summed E-state index contributed by atoms with van der Waals surface area (Å²) in [6.07, 6.45) is 4.57. The van der Waals surface area contributed by atoms with Gasteiger partial charge in [0.1, 0.15) is 0 Å². The topological polar surface area (TPSA) is 52.3 Å². The predicted octanol–water partition coefficient (Wildman–Crippen LogP) is 0.821. The minimum absolute atomic E-state index is 0.0774. The molecule has 3 heteroatoms. The standard InChI is InChI=1S/C8H15NO2/c1-11-7(10)3-2-4-8(9)5-6-8/h2-6,9H2,1H3. The van der Waals surface area contributed by atoms with Crippen LogP contribution in [0.3, 0.4) is 0 Å². The van der Waals surface area contributed by atoms with Gasteiger partial charge < -0.3 is 10.5 Å². The largest absolute Gasteiger partial charge is 0.469 e. The number of carbonyl (C=O) groups is 1. The van der Waals surface area contributed by atoms with Crippen LogP contribution in [0, 0.1) is 0 Å². The van der Waals surface area contributed by atoms with Gasteiger partial charge in [-0.25, -0.2) is 0 Å². The van der Waals surface area contributed by atoms with Crippen LogP contribution in [0.1, 0.15) is 32.1 Å². The Bertz CT molecular complexity index is 152. The smallest absolute Gasteiger partial charge is 0.305 e. The highest BCUT2D eigenvalue weighted by molar-refractivity contribution is 5.69. The second-order valence-electron chi connectivity index (χ2n) is 3.29. The van der Waals surface area contributed by atoms with E-state index in [9.17, 15) is 4.79 Å². The van der Waals surface area contributed by atoms with E-state index in [2.05, 4.69) is 4.74 Å². The Morgan fingerprint density at radius 1 is 1.64 bits per heavy atom. The molecule has 1 fully saturated rings. The molecule has 0 aromatic heterocycles. The summed E-state index contributed by atoms with van der Waals surface area (Å²) in [5.41, 5.74) is 5.90. The molecule has 2 N–H and O–H groups in total. The van der Waals surface area contributed by atoms with Crippen LogP contribution in [-0.2, 0) is 9.53 Å². The second-order valence-corrected chi connectivity index (χ2v) is 3.29. The lowest BCUT2D eigenvalue weighted by Crippen LogP contribution is -2.21. The summed E-state index contributed by atoms with van der Waals surface area (Å²) in [7, 11) is 1.41. The van der Waals surface area contributed by atoms with E-state index in [-0.39, 0.29) is 11.5 Å². The SMILES string of the molecule is COC(=O)CCCC1(N)CC1. The summed E-state index contributed by atoms with van der Waals surface area (Å²) in [4.78, 5) is 10.7. The number of hydrogen-bond donors (Lipinski definition) is 1. The fourth-order valence-corrected chi connectivity index (χ4v) is 1.10. The highest BCUT2D eigenvalue weighted by atomic mass is 16.5. The molecule has 0 bridgehead atoms. The molecule has 0 aliphatic heterocycles. The van der Waals surface area contributed by atoms with Gasteiger partial charge in [0.25, 0.3) is 0 Å². The zero-order valence-corrected chi connectivity index (χ0v) is 6.93. The van der Waals surface area contributed by atoms with E-state index < -0.39 is 0 Å². The zero-order chi connectivity index (χ0) is 8.32. The fraction of sp³-hybridized carbons (Fsp3) is 0.875. The maximum Gasteiger partial charge on any atom is 0.305 e. The van der Waals surface area contributed by atoms with Crippen LogP contribution in [0.2, 0.25) is 0 Å². The summed E-state index contributed by atoms with van der Waals surface area (Å²) in [5.74, 6) is -0.130. The van der Waals surface area contributed by atoms with Crippen molar-refractivity contribution in [2.24, 2.45) is 5.73 Å². The summed E-state index contributed by atoms with van der Waals surface area (Å²) in [6.45, 7) is 0. The molecule has 0 amide bonds. The Labute approximate surface area is 66.9 Å². The molecule has 0 spiro atoms. The van der Waals surface area contributed by atoms with Crippen LogP contribution in [0.4, 0.5) is 0 Å². The van der Waals surface area contributed by atoms with Crippen LogP contribution in [-0.4, -0.2) is 18.6 Å². The average Bonchev–Trinajstić information content (AvgIpc) is 2.68. The minimum Gasteiger partial charge on any atom is -0.469 e. The summed E-state index contributed by atoms with van der Waals surface area (Å²) in [5, 5.41) is 0. The lowest BCUT2D eigenvalue weighted by Gasteiger charge is -2.05. The van der Waals surface area contributed by atoms with E-state index in [0.717, 1.165) is 25.7 Å². The average molecular weight is 157 g/mol. The van der Waals surface area contributed by atoms with Gasteiger partial charge in [-0.05, 0) is 25.7 Å². The molecule has 0 unspecified atom stereocenters. The van der Waals surface area contributed by atoms with Gasteiger partial charge in [0.15, 0.2) is 0 Å². The van der Waals surface area contributed by atoms with Crippen molar-refractivity contribution in [2.45, 2.75) is 37.6 Å². The first-order valence-electron chi connectivity index (χ1n) is 4.02. The van der Waals surface area contributed by atoms with Gasteiger partial charge >= 0.3 is 5.97 Å². The zero-order valence-electron chi connectivity index (χ0n) is 6.93. The number of carbonyl (C=O) groups excluding carboxylic acids is 1. The Morgan fingerprint density at radius 2 is 2.27 bits per heavy atom. The Hall–Kier alpha value is -0.570. The van der Waals surface area contributed by atoms with Gasteiger partial charge in [0.2, 0.25) is 0 Å². The highest BCUT2D eigenvalue weighted by Crippen LogP contribution is 2.36. The maximum absolute atomic E-state index is 10.7. The highest BCUT2D eigenvalue weighted by Gasteiger charge is 2.37. The van der Waals surface area contributed by atoms with E-state index in [4.69, 9.17) is 5.73 Å². The quantitative estimate of drug-likeness (QED) is 0.615. The molecule has 0 atom stereocenters. The van der Waals surface area contributed by atoms with Crippen LogP contribution in [0.5, 0.6) is 0 Å². The van der Waals surface area contributed by atoms with Gasteiger partial charge in [-0.15, -0.1) is 0 Å². The molecular formula is C8H15NO2. The lowest BCUT2D eigenvalue weighted by molar-refractivity contribution is -0.140. The summed E-state index contributed by atoms with van der Waals surface area (Å²) >= 11 is 0. The van der Waals surface area contributed by atoms with Crippen molar-refractivity contribution >= 4 is 5.97 Å². The molecule has 1 saturated carbocycles. The Morgan fingerprint density at radius 3 is 2.73 bits per heavy atom. The molecule has 0 heterocycles. The third-order valence-electron chi connectivity index (χ3n) is 2.18. The molecule has 1 rings (SSSR count). The van der Waals surface area contributed by atoms with E-state index in [1.807, 2.05) is 0 Å². The first-order valence-corrected chi connectivity index (χ1v) is 4.02. The molecule has 0 aromatic carbocycles. The van der Waals surface area contributed by atoms with Crippen LogP contribution >= 0.6 is 0 Å². The van der Waals surface area contributed by atoms with E-state index in [1.165, 1.54) is 7.11 Å². The van der Waals surface area contributed by atoms with Crippen molar-refractivity contribution < 1.29 is 9.53 Å². The molecule has 11 heavy (non-hydrogen) atoms. The third kappa shape index (κ3) is 2.89. The lowest BCUT2D eigenvalue weighted by atomic mass is 10.1. The molecule has 3 nitrogen and oxygen atoms in total. The summed E-state index contributed by atoms with van der Waals surface area (Å²) < 4.78 is 4.51. The monoisotopic (exact) mass is 157 g/mol. The number of nitrogens with two attached hydrogens (primary N) is 1. The minimum atomic E-state index is -0.130. The van der Waals surface area contributed by atoms with Crippen LogP contribution < -0.4 is 5.73 Å². The van der Waals surface area contributed by atoms with Crippen molar-refractivity contribution in [3.05, 3.63) is 0 Å². The molecule has 0 aromatic rings. The van der Waals surface area contributed by atoms with Gasteiger partial charge in [0.05, 0.1) is 7.11 Å². The van der Waals surface area contributed by atoms with Crippen molar-refractivity contribution in [1.29, 1.82) is 0 Å². The van der Waals surface area contributed by atoms with Crippen molar-refractivity contribution in [2.75, 3.05) is 7.11 Å². The van der Waals surface area contributed by atoms with Crippen molar-refractivity contribution in [3.63, 3.8) is 0 Å². The normalized spacial score (nSPS) is 19.5. The van der Waals surface area contributed by atoms with Gasteiger partial charge in [0, 0.05) is 12.0 Å². The predicted molar refractivity (Wildman–Crippen MR) is 42.0 cm³/mol. The fourth-order valence-electron chi connectivity index (χ4n) is 1.10. The number of hydrogen-bond acceptors (Lipinski definition) is 3. The van der Waals surface area contributed by atoms with E-state index in [1.54, 1.807) is 0 Å². The van der Waals surface area contributed by atoms with E-state index >= 15 is 0 Å². The number of esters is 1. The number of ether oxygens (including phenoxy) is 1. The Kier molecular flexibility index (Phi) is 2.49. The molecule has 64 valence electrons. The number of methoxy groups -OCH3 is 1. The first-order chi connectivity index (χ1) is 5.16. The second kappa shape index (κ2) is 3.22. The third-order valence-corrected chi connectivity index (χ3v) is 2.18. The Balaban J connectivity index is 2.00. The molecule has 1 aliphatic carbocycles. The molecule has 1 aliphatic rings.